The Balaban J connectivity index is 1.65. The molecule has 2 aromatic rings. The number of carboxylic acid groups (broad SMARTS) is 1. The lowest BCUT2D eigenvalue weighted by Gasteiger charge is -2.43. The van der Waals surface area contributed by atoms with Crippen molar-refractivity contribution in [1.82, 2.24) is 10.2 Å². The summed E-state index contributed by atoms with van der Waals surface area (Å²) in [4.78, 5) is 37.9. The topological polar surface area (TPSA) is 104 Å². The molecule has 2 aromatic carbocycles. The predicted octanol–water partition coefficient (Wildman–Crippen LogP) is 4.16. The van der Waals surface area contributed by atoms with E-state index < -0.39 is 28.2 Å². The standard InChI is InChI=1S/C26H31FN2O5S/c1-3-4-5-6-22(19-11-13-21(27)14-12-19)28-25(31)17(2)29-23(30)15-24(29)35(34)16-18-7-9-20(10-8-18)26(32)33/h7-14,17,22,24H,3-6,15-16H2,1-2H3,(H,28,31)(H,32,33). The van der Waals surface area contributed by atoms with Gasteiger partial charge in [0.25, 0.3) is 0 Å². The summed E-state index contributed by atoms with van der Waals surface area (Å²) in [6.45, 7) is 3.70. The van der Waals surface area contributed by atoms with E-state index in [0.717, 1.165) is 24.8 Å². The molecular formula is C26H31FN2O5S. The molecule has 0 aliphatic carbocycles. The summed E-state index contributed by atoms with van der Waals surface area (Å²) in [5, 5.41) is 11.4. The number of nitrogens with zero attached hydrogens (tertiary/aromatic N) is 1. The van der Waals surface area contributed by atoms with Crippen LogP contribution < -0.4 is 5.32 Å². The molecule has 0 spiro atoms. The Morgan fingerprint density at radius 2 is 1.80 bits per heavy atom. The van der Waals surface area contributed by atoms with E-state index in [9.17, 15) is 23.0 Å². The third kappa shape index (κ3) is 6.75. The fourth-order valence-corrected chi connectivity index (χ4v) is 5.72. The number of halogens is 1. The third-order valence-electron chi connectivity index (χ3n) is 6.24. The van der Waals surface area contributed by atoms with Crippen molar-refractivity contribution in [1.29, 1.82) is 0 Å². The van der Waals surface area contributed by atoms with Crippen LogP contribution in [0.1, 0.15) is 73.5 Å². The molecule has 7 nitrogen and oxygen atoms in total. The number of aromatic carboxylic acids is 1. The van der Waals surface area contributed by atoms with Crippen molar-refractivity contribution >= 4 is 28.6 Å². The summed E-state index contributed by atoms with van der Waals surface area (Å²) in [5.74, 6) is -1.83. The van der Waals surface area contributed by atoms with Crippen LogP contribution in [0, 0.1) is 5.82 Å². The molecule has 1 aliphatic rings. The van der Waals surface area contributed by atoms with Gasteiger partial charge >= 0.3 is 5.97 Å². The van der Waals surface area contributed by atoms with E-state index in [0.29, 0.717) is 12.0 Å². The van der Waals surface area contributed by atoms with Crippen LogP contribution in [0.3, 0.4) is 0 Å². The number of hydrogen-bond acceptors (Lipinski definition) is 4. The van der Waals surface area contributed by atoms with E-state index >= 15 is 0 Å². The van der Waals surface area contributed by atoms with Gasteiger partial charge in [0.1, 0.15) is 17.2 Å². The average molecular weight is 503 g/mol. The number of unbranched alkanes of at least 4 members (excludes halogenated alkanes) is 2. The van der Waals surface area contributed by atoms with Crippen LogP contribution >= 0.6 is 0 Å². The highest BCUT2D eigenvalue weighted by molar-refractivity contribution is 7.85. The van der Waals surface area contributed by atoms with E-state index in [1.54, 1.807) is 31.2 Å². The molecule has 2 N–H and O–H groups in total. The SMILES string of the molecule is CCCCCC(NC(=O)C(C)N1C(=O)CC1S(=O)Cc1ccc(C(=O)O)cc1)c1ccc(F)cc1. The first-order valence-corrected chi connectivity index (χ1v) is 13.2. The molecule has 4 atom stereocenters. The Kier molecular flexibility index (Phi) is 9.14. The van der Waals surface area contributed by atoms with Crippen LogP contribution in [0.5, 0.6) is 0 Å². The van der Waals surface area contributed by atoms with E-state index in [1.807, 2.05) is 0 Å². The molecule has 4 unspecified atom stereocenters. The van der Waals surface area contributed by atoms with Gasteiger partial charge in [0.05, 0.1) is 23.8 Å². The Labute approximate surface area is 207 Å². The second-order valence-electron chi connectivity index (χ2n) is 8.77. The molecular weight excluding hydrogens is 471 g/mol. The lowest BCUT2D eigenvalue weighted by atomic mass is 9.99. The van der Waals surface area contributed by atoms with E-state index in [1.165, 1.54) is 29.2 Å². The minimum absolute atomic E-state index is 0.0926. The predicted molar refractivity (Wildman–Crippen MR) is 131 cm³/mol. The monoisotopic (exact) mass is 502 g/mol. The van der Waals surface area contributed by atoms with Crippen molar-refractivity contribution in [3.05, 3.63) is 71.0 Å². The largest absolute Gasteiger partial charge is 0.478 e. The normalized spacial score (nSPS) is 17.9. The van der Waals surface area contributed by atoms with Crippen LogP contribution in [0.4, 0.5) is 4.39 Å². The molecule has 1 aliphatic heterocycles. The summed E-state index contributed by atoms with van der Waals surface area (Å²) >= 11 is 0. The summed E-state index contributed by atoms with van der Waals surface area (Å²) in [5.41, 5.74) is 1.62. The van der Waals surface area contributed by atoms with Crippen LogP contribution in [-0.2, 0) is 26.1 Å². The summed E-state index contributed by atoms with van der Waals surface area (Å²) in [6.07, 6.45) is 3.70. The average Bonchev–Trinajstić information content (AvgIpc) is 2.82. The number of likely N-dealkylation sites (tertiary alicyclic amines) is 1. The zero-order valence-electron chi connectivity index (χ0n) is 19.9. The molecule has 1 fully saturated rings. The first kappa shape index (κ1) is 26.5. The molecule has 3 rings (SSSR count). The lowest BCUT2D eigenvalue weighted by Crippen LogP contribution is -2.62. The minimum atomic E-state index is -1.46. The van der Waals surface area contributed by atoms with Gasteiger partial charge in [0.2, 0.25) is 11.8 Å². The van der Waals surface area contributed by atoms with E-state index in [4.69, 9.17) is 5.11 Å². The van der Waals surface area contributed by atoms with Gasteiger partial charge in [-0.15, -0.1) is 0 Å². The summed E-state index contributed by atoms with van der Waals surface area (Å²) in [6, 6.07) is 11.0. The highest BCUT2D eigenvalue weighted by Gasteiger charge is 2.45. The number of rotatable bonds is 12. The lowest BCUT2D eigenvalue weighted by molar-refractivity contribution is -0.150. The summed E-state index contributed by atoms with van der Waals surface area (Å²) in [7, 11) is -1.46. The van der Waals surface area contributed by atoms with E-state index in [2.05, 4.69) is 12.2 Å². The second-order valence-corrected chi connectivity index (χ2v) is 10.4. The third-order valence-corrected chi connectivity index (χ3v) is 7.86. The zero-order chi connectivity index (χ0) is 25.5. The molecule has 0 aromatic heterocycles. The maximum absolute atomic E-state index is 13.4. The molecule has 188 valence electrons. The molecule has 0 saturated carbocycles. The van der Waals surface area contributed by atoms with Crippen molar-refractivity contribution < 1.29 is 28.1 Å². The van der Waals surface area contributed by atoms with Crippen LogP contribution in [0.15, 0.2) is 48.5 Å². The second kappa shape index (κ2) is 12.1. The number of carboxylic acids is 1. The number of nitrogens with one attached hydrogen (secondary N) is 1. The number of carbonyl (C=O) groups is 3. The molecule has 0 radical (unpaired) electrons. The number of amides is 2. The Hall–Kier alpha value is -3.07. The molecule has 2 amide bonds. The first-order chi connectivity index (χ1) is 16.7. The molecule has 9 heteroatoms. The van der Waals surface area contributed by atoms with Crippen LogP contribution in [0.25, 0.3) is 0 Å². The molecule has 1 heterocycles. The highest BCUT2D eigenvalue weighted by Crippen LogP contribution is 2.28. The maximum atomic E-state index is 13.4. The van der Waals surface area contributed by atoms with Gasteiger partial charge in [-0.2, -0.15) is 0 Å². The van der Waals surface area contributed by atoms with Crippen molar-refractivity contribution in [2.45, 2.75) is 69.2 Å². The first-order valence-electron chi connectivity index (χ1n) is 11.8. The summed E-state index contributed by atoms with van der Waals surface area (Å²) < 4.78 is 26.4. The van der Waals surface area contributed by atoms with Crippen LogP contribution in [0.2, 0.25) is 0 Å². The van der Waals surface area contributed by atoms with Gasteiger partial charge in [-0.05, 0) is 48.7 Å². The fourth-order valence-electron chi connectivity index (χ4n) is 4.12. The number of hydrogen-bond donors (Lipinski definition) is 2. The Morgan fingerprint density at radius 1 is 1.14 bits per heavy atom. The van der Waals surface area contributed by atoms with Crippen molar-refractivity contribution in [3.63, 3.8) is 0 Å². The molecule has 35 heavy (non-hydrogen) atoms. The smallest absolute Gasteiger partial charge is 0.335 e. The van der Waals surface area contributed by atoms with Crippen LogP contribution in [-0.4, -0.2) is 43.4 Å². The fraction of sp³-hybridized carbons (Fsp3) is 0.423. The zero-order valence-corrected chi connectivity index (χ0v) is 20.7. The quantitative estimate of drug-likeness (QED) is 0.335. The van der Waals surface area contributed by atoms with Gasteiger partial charge in [-0.3, -0.25) is 13.8 Å². The number of β-lactam (4-membered cyclic amide) rings is 1. The molecule has 0 bridgehead atoms. The van der Waals surface area contributed by atoms with Gasteiger partial charge in [0, 0.05) is 10.8 Å². The van der Waals surface area contributed by atoms with Crippen molar-refractivity contribution in [3.8, 4) is 0 Å². The minimum Gasteiger partial charge on any atom is -0.478 e. The Morgan fingerprint density at radius 3 is 2.37 bits per heavy atom. The van der Waals surface area contributed by atoms with Gasteiger partial charge in [-0.25, -0.2) is 9.18 Å². The number of carbonyl (C=O) groups excluding carboxylic acids is 2. The molecule has 1 saturated heterocycles. The van der Waals surface area contributed by atoms with Gasteiger partial charge < -0.3 is 15.3 Å². The van der Waals surface area contributed by atoms with Gasteiger partial charge in [-0.1, -0.05) is 50.5 Å². The maximum Gasteiger partial charge on any atom is 0.335 e. The van der Waals surface area contributed by atoms with Crippen molar-refractivity contribution in [2.24, 2.45) is 0 Å². The number of benzene rings is 2. The van der Waals surface area contributed by atoms with Gasteiger partial charge in [0.15, 0.2) is 0 Å². The van der Waals surface area contributed by atoms with E-state index in [-0.39, 0.29) is 41.4 Å². The highest BCUT2D eigenvalue weighted by atomic mass is 32.2. The van der Waals surface area contributed by atoms with Crippen molar-refractivity contribution in [2.75, 3.05) is 0 Å². The Bertz CT molecular complexity index is 1070.